The first kappa shape index (κ1) is 18.1. The van der Waals surface area contributed by atoms with Crippen LogP contribution in [0.25, 0.3) is 6.08 Å². The van der Waals surface area contributed by atoms with E-state index in [-0.39, 0.29) is 9.90 Å². The van der Waals surface area contributed by atoms with E-state index in [9.17, 15) is 23.3 Å². The van der Waals surface area contributed by atoms with Crippen molar-refractivity contribution < 1.29 is 18.1 Å². The van der Waals surface area contributed by atoms with Crippen molar-refractivity contribution in [2.24, 2.45) is 0 Å². The Balaban J connectivity index is 1.80. The number of nitrogens with zero attached hydrogens (tertiary/aromatic N) is 1. The van der Waals surface area contributed by atoms with Crippen molar-refractivity contribution in [3.63, 3.8) is 0 Å². The largest absolute Gasteiger partial charge is 0.324 e. The maximum Gasteiger partial charge on any atom is 0.324 e. The fourth-order valence-corrected chi connectivity index (χ4v) is 5.02. The predicted octanol–water partition coefficient (Wildman–Crippen LogP) is 3.66. The molecule has 2 N–H and O–H groups in total. The van der Waals surface area contributed by atoms with Gasteiger partial charge in [-0.15, -0.1) is 11.3 Å². The molecule has 0 atom stereocenters. The molecule has 26 heavy (non-hydrogen) atoms. The molecule has 10 heteroatoms. The first-order valence-electron chi connectivity index (χ1n) is 7.60. The third-order valence-corrected chi connectivity index (χ3v) is 6.77. The molecule has 2 amide bonds. The van der Waals surface area contributed by atoms with Gasteiger partial charge in [-0.25, -0.2) is 13.2 Å². The van der Waals surface area contributed by atoms with Gasteiger partial charge in [0.15, 0.2) is 9.84 Å². The predicted molar refractivity (Wildman–Crippen MR) is 101 cm³/mol. The molecule has 0 bridgehead atoms. The minimum Gasteiger partial charge on any atom is -0.308 e. The zero-order valence-corrected chi connectivity index (χ0v) is 15.3. The number of thiophene rings is 1. The lowest BCUT2D eigenvalue weighted by Crippen LogP contribution is -2.19. The number of sulfone groups is 1. The Morgan fingerprint density at radius 2 is 1.92 bits per heavy atom. The molecule has 1 aliphatic rings. The second-order valence-corrected chi connectivity index (χ2v) is 8.94. The molecule has 1 heterocycles. The third kappa shape index (κ3) is 3.75. The Labute approximate surface area is 153 Å². The van der Waals surface area contributed by atoms with Crippen LogP contribution in [0.4, 0.5) is 21.2 Å². The van der Waals surface area contributed by atoms with Crippen molar-refractivity contribution in [2.75, 3.05) is 16.9 Å². The summed E-state index contributed by atoms with van der Waals surface area (Å²) >= 11 is 1.03. The fraction of sp³-hybridized carbons (Fsp3) is 0.188. The maximum absolute atomic E-state index is 12.2. The van der Waals surface area contributed by atoms with Gasteiger partial charge in [0.25, 0.3) is 5.69 Å². The standard InChI is InChI=1S/C16H15N3O5S2/c1-26(23,24)15-13-5-3-2-4-12(13)14(25-15)18-16(20)17-10-6-8-11(9-7-10)19(21)22/h3,5-9H,2,4H2,1H3,(H2,17,18,20). The summed E-state index contributed by atoms with van der Waals surface area (Å²) in [5.74, 6) is 0. The van der Waals surface area contributed by atoms with Gasteiger partial charge < -0.3 is 5.32 Å². The van der Waals surface area contributed by atoms with Crippen molar-refractivity contribution in [1.82, 2.24) is 0 Å². The van der Waals surface area contributed by atoms with Crippen LogP contribution in [0.1, 0.15) is 17.5 Å². The van der Waals surface area contributed by atoms with Crippen LogP contribution in [0.3, 0.4) is 0 Å². The van der Waals surface area contributed by atoms with Crippen LogP contribution in [-0.4, -0.2) is 25.6 Å². The molecule has 2 aromatic rings. The second-order valence-electron chi connectivity index (χ2n) is 5.71. The van der Waals surface area contributed by atoms with E-state index in [0.29, 0.717) is 22.7 Å². The minimum atomic E-state index is -3.40. The van der Waals surface area contributed by atoms with Gasteiger partial charge in [-0.05, 0) is 30.5 Å². The zero-order chi connectivity index (χ0) is 18.9. The average Bonchev–Trinajstić information content (AvgIpc) is 2.94. The molecule has 0 radical (unpaired) electrons. The van der Waals surface area contributed by atoms with E-state index < -0.39 is 20.8 Å². The number of amides is 2. The Hall–Kier alpha value is -2.72. The van der Waals surface area contributed by atoms with Gasteiger partial charge in [0, 0.05) is 29.6 Å². The summed E-state index contributed by atoms with van der Waals surface area (Å²) in [6.07, 6.45) is 6.23. The summed E-state index contributed by atoms with van der Waals surface area (Å²) in [4.78, 5) is 22.4. The van der Waals surface area contributed by atoms with E-state index >= 15 is 0 Å². The summed E-state index contributed by atoms with van der Waals surface area (Å²) in [5.41, 5.74) is 1.75. The number of nitro groups is 1. The molecule has 3 rings (SSSR count). The number of carbonyl (C=O) groups excluding carboxylic acids is 1. The van der Waals surface area contributed by atoms with E-state index in [1.54, 1.807) is 6.08 Å². The Kier molecular flexibility index (Phi) is 4.79. The van der Waals surface area contributed by atoms with Crippen molar-refractivity contribution in [2.45, 2.75) is 17.1 Å². The van der Waals surface area contributed by atoms with E-state index in [2.05, 4.69) is 10.6 Å². The highest BCUT2D eigenvalue weighted by atomic mass is 32.2. The van der Waals surface area contributed by atoms with Crippen molar-refractivity contribution in [3.8, 4) is 0 Å². The van der Waals surface area contributed by atoms with E-state index in [1.165, 1.54) is 24.3 Å². The summed E-state index contributed by atoms with van der Waals surface area (Å²) in [7, 11) is -3.40. The molecule has 0 saturated carbocycles. The van der Waals surface area contributed by atoms with Crippen LogP contribution in [0.5, 0.6) is 0 Å². The van der Waals surface area contributed by atoms with Crippen LogP contribution >= 0.6 is 11.3 Å². The number of non-ortho nitro benzene ring substituents is 1. The lowest BCUT2D eigenvalue weighted by Gasteiger charge is -2.10. The summed E-state index contributed by atoms with van der Waals surface area (Å²) < 4.78 is 24.2. The number of nitrogens with one attached hydrogen (secondary N) is 2. The second kappa shape index (κ2) is 6.89. The molecule has 0 unspecified atom stereocenters. The molecule has 8 nitrogen and oxygen atoms in total. The van der Waals surface area contributed by atoms with Crippen molar-refractivity contribution in [1.29, 1.82) is 0 Å². The number of fused-ring (bicyclic) bond motifs is 1. The molecular weight excluding hydrogens is 378 g/mol. The first-order chi connectivity index (χ1) is 12.3. The number of benzene rings is 1. The van der Waals surface area contributed by atoms with E-state index in [1.807, 2.05) is 6.08 Å². The minimum absolute atomic E-state index is 0.0760. The fourth-order valence-electron chi connectivity index (χ4n) is 2.61. The molecular formula is C16H15N3O5S2. The lowest BCUT2D eigenvalue weighted by atomic mass is 10.0. The van der Waals surface area contributed by atoms with Crippen molar-refractivity contribution in [3.05, 3.63) is 51.6 Å². The van der Waals surface area contributed by atoms with Gasteiger partial charge in [0.2, 0.25) is 0 Å². The highest BCUT2D eigenvalue weighted by Crippen LogP contribution is 2.40. The quantitative estimate of drug-likeness (QED) is 0.607. The van der Waals surface area contributed by atoms with Gasteiger partial charge in [-0.3, -0.25) is 15.4 Å². The van der Waals surface area contributed by atoms with Crippen LogP contribution < -0.4 is 10.6 Å². The number of hydrogen-bond acceptors (Lipinski definition) is 6. The van der Waals surface area contributed by atoms with Gasteiger partial charge in [-0.2, -0.15) is 0 Å². The lowest BCUT2D eigenvalue weighted by molar-refractivity contribution is -0.384. The summed E-state index contributed by atoms with van der Waals surface area (Å²) in [6, 6.07) is 4.88. The number of urea groups is 1. The summed E-state index contributed by atoms with van der Waals surface area (Å²) in [5, 5.41) is 16.4. The molecule has 0 saturated heterocycles. The number of hydrogen-bond donors (Lipinski definition) is 2. The highest BCUT2D eigenvalue weighted by molar-refractivity contribution is 7.93. The molecule has 1 aromatic carbocycles. The van der Waals surface area contributed by atoms with Crippen molar-refractivity contribution >= 4 is 49.7 Å². The Morgan fingerprint density at radius 3 is 2.54 bits per heavy atom. The van der Waals surface area contributed by atoms with E-state index in [4.69, 9.17) is 0 Å². The Morgan fingerprint density at radius 1 is 1.23 bits per heavy atom. The molecule has 136 valence electrons. The summed E-state index contributed by atoms with van der Waals surface area (Å²) in [6.45, 7) is 0. The normalized spacial score (nSPS) is 13.1. The number of carbonyl (C=O) groups is 1. The maximum atomic E-state index is 12.2. The van der Waals surface area contributed by atoms with Gasteiger partial charge in [0.05, 0.1) is 4.92 Å². The molecule has 0 spiro atoms. The number of allylic oxidation sites excluding steroid dienone is 1. The van der Waals surface area contributed by atoms with Crippen LogP contribution in [0.2, 0.25) is 0 Å². The van der Waals surface area contributed by atoms with E-state index in [0.717, 1.165) is 29.6 Å². The number of nitro benzene ring substituents is 1. The Bertz CT molecular complexity index is 1010. The monoisotopic (exact) mass is 393 g/mol. The highest BCUT2D eigenvalue weighted by Gasteiger charge is 2.25. The van der Waals surface area contributed by atoms with Gasteiger partial charge >= 0.3 is 6.03 Å². The molecule has 1 aliphatic carbocycles. The molecule has 1 aromatic heterocycles. The average molecular weight is 393 g/mol. The SMILES string of the molecule is CS(=O)(=O)c1sc(NC(=O)Nc2ccc([N+](=O)[O-])cc2)c2c1C=CCC2. The zero-order valence-electron chi connectivity index (χ0n) is 13.7. The topological polar surface area (TPSA) is 118 Å². The number of anilines is 2. The van der Waals surface area contributed by atoms with Crippen LogP contribution in [0.15, 0.2) is 34.6 Å². The first-order valence-corrected chi connectivity index (χ1v) is 10.3. The molecule has 0 fully saturated rings. The van der Waals surface area contributed by atoms with Gasteiger partial charge in [0.1, 0.15) is 9.21 Å². The van der Waals surface area contributed by atoms with Gasteiger partial charge in [-0.1, -0.05) is 12.2 Å². The smallest absolute Gasteiger partial charge is 0.308 e. The number of rotatable bonds is 4. The molecule has 0 aliphatic heterocycles. The van der Waals surface area contributed by atoms with Crippen LogP contribution in [-0.2, 0) is 16.3 Å². The third-order valence-electron chi connectivity index (χ3n) is 3.76. The van der Waals surface area contributed by atoms with Crippen LogP contribution in [0, 0.1) is 10.1 Å².